The van der Waals surface area contributed by atoms with Crippen molar-refractivity contribution in [1.29, 1.82) is 0 Å². The van der Waals surface area contributed by atoms with E-state index in [-0.39, 0.29) is 5.91 Å². The van der Waals surface area contributed by atoms with Crippen LogP contribution in [-0.4, -0.2) is 68.2 Å². The third-order valence-electron chi connectivity index (χ3n) is 5.16. The molecule has 0 saturated carbocycles. The Hall–Kier alpha value is -3.06. The van der Waals surface area contributed by atoms with Crippen LogP contribution in [0.5, 0.6) is 0 Å². The van der Waals surface area contributed by atoms with E-state index in [9.17, 15) is 4.79 Å². The van der Waals surface area contributed by atoms with Gasteiger partial charge in [-0.25, -0.2) is 4.98 Å². The first-order chi connectivity index (χ1) is 13.7. The molecule has 0 aliphatic carbocycles. The maximum atomic E-state index is 12.7. The number of benzene rings is 1. The molecule has 1 amide bonds. The highest BCUT2D eigenvalue weighted by Crippen LogP contribution is 2.11. The summed E-state index contributed by atoms with van der Waals surface area (Å²) in [4.78, 5) is 21.2. The van der Waals surface area contributed by atoms with Crippen LogP contribution in [0, 0.1) is 6.92 Å². The molecule has 144 valence electrons. The summed E-state index contributed by atoms with van der Waals surface area (Å²) >= 11 is 0. The van der Waals surface area contributed by atoms with Crippen molar-refractivity contribution in [2.24, 2.45) is 0 Å². The molecule has 3 heterocycles. The zero-order valence-electron chi connectivity index (χ0n) is 16.0. The number of amides is 1. The highest BCUT2D eigenvalue weighted by atomic mass is 16.2. The summed E-state index contributed by atoms with van der Waals surface area (Å²) in [5.74, 6) is 1.45. The van der Waals surface area contributed by atoms with Crippen molar-refractivity contribution in [3.05, 3.63) is 71.9 Å². The molecule has 1 aromatic carbocycles. The normalized spacial score (nSPS) is 15.0. The van der Waals surface area contributed by atoms with E-state index in [0.717, 1.165) is 45.0 Å². The second-order valence-corrected chi connectivity index (χ2v) is 6.99. The Balaban J connectivity index is 1.31. The van der Waals surface area contributed by atoms with Gasteiger partial charge in [0.25, 0.3) is 5.91 Å². The van der Waals surface area contributed by atoms with Crippen LogP contribution in [0.15, 0.2) is 54.9 Å². The van der Waals surface area contributed by atoms with Crippen LogP contribution in [0.1, 0.15) is 21.9 Å². The number of aromatic nitrogens is 4. The number of hydrogen-bond donors (Lipinski definition) is 0. The van der Waals surface area contributed by atoms with Gasteiger partial charge in [-0.3, -0.25) is 14.3 Å². The first-order valence-electron chi connectivity index (χ1n) is 9.60. The third-order valence-corrected chi connectivity index (χ3v) is 5.16. The van der Waals surface area contributed by atoms with Crippen molar-refractivity contribution in [2.45, 2.75) is 13.3 Å². The topological polar surface area (TPSA) is 67.2 Å². The highest BCUT2D eigenvalue weighted by Gasteiger charge is 2.23. The Kier molecular flexibility index (Phi) is 5.43. The zero-order valence-corrected chi connectivity index (χ0v) is 16.0. The molecule has 2 aromatic heterocycles. The van der Waals surface area contributed by atoms with Crippen LogP contribution in [0.2, 0.25) is 0 Å². The molecular weight excluding hydrogens is 352 g/mol. The molecule has 1 saturated heterocycles. The van der Waals surface area contributed by atoms with Crippen molar-refractivity contribution >= 4 is 5.91 Å². The number of hydrogen-bond acceptors (Lipinski definition) is 5. The average molecular weight is 376 g/mol. The van der Waals surface area contributed by atoms with Gasteiger partial charge in [-0.15, -0.1) is 10.2 Å². The molecule has 4 rings (SSSR count). The number of imidazole rings is 1. The first-order valence-corrected chi connectivity index (χ1v) is 9.60. The maximum absolute atomic E-state index is 12.7. The van der Waals surface area contributed by atoms with Crippen LogP contribution in [-0.2, 0) is 6.42 Å². The van der Waals surface area contributed by atoms with E-state index in [2.05, 4.69) is 44.3 Å². The predicted molar refractivity (Wildman–Crippen MR) is 106 cm³/mol. The fraction of sp³-hybridized carbons (Fsp3) is 0.333. The largest absolute Gasteiger partial charge is 0.335 e. The number of carbonyl (C=O) groups is 1. The second kappa shape index (κ2) is 8.31. The van der Waals surface area contributed by atoms with E-state index in [4.69, 9.17) is 0 Å². The molecule has 1 fully saturated rings. The fourth-order valence-corrected chi connectivity index (χ4v) is 3.46. The Bertz CT molecular complexity index is 914. The lowest BCUT2D eigenvalue weighted by Crippen LogP contribution is -2.49. The molecule has 0 radical (unpaired) electrons. The maximum Gasteiger partial charge on any atom is 0.274 e. The number of carbonyl (C=O) groups excluding carboxylic acids is 1. The van der Waals surface area contributed by atoms with Crippen molar-refractivity contribution < 1.29 is 4.79 Å². The molecular formula is C21H24N6O. The minimum atomic E-state index is -0.0517. The first kappa shape index (κ1) is 18.3. The van der Waals surface area contributed by atoms with Crippen LogP contribution < -0.4 is 0 Å². The van der Waals surface area contributed by atoms with Gasteiger partial charge in [0.2, 0.25) is 0 Å². The van der Waals surface area contributed by atoms with Gasteiger partial charge >= 0.3 is 0 Å². The summed E-state index contributed by atoms with van der Waals surface area (Å²) in [7, 11) is 0. The predicted octanol–water partition coefficient (Wildman–Crippen LogP) is 1.97. The summed E-state index contributed by atoms with van der Waals surface area (Å²) in [6.07, 6.45) is 4.58. The van der Waals surface area contributed by atoms with Crippen molar-refractivity contribution in [2.75, 3.05) is 32.7 Å². The number of aryl methyl sites for hydroxylation is 1. The minimum Gasteiger partial charge on any atom is -0.335 e. The summed E-state index contributed by atoms with van der Waals surface area (Å²) in [6.45, 7) is 6.13. The van der Waals surface area contributed by atoms with E-state index < -0.39 is 0 Å². The van der Waals surface area contributed by atoms with Gasteiger partial charge in [0.1, 0.15) is 5.82 Å². The van der Waals surface area contributed by atoms with Gasteiger partial charge in [0.15, 0.2) is 11.5 Å². The molecule has 0 unspecified atom stereocenters. The molecule has 7 heteroatoms. The molecule has 7 nitrogen and oxygen atoms in total. The van der Waals surface area contributed by atoms with Crippen LogP contribution in [0.3, 0.4) is 0 Å². The summed E-state index contributed by atoms with van der Waals surface area (Å²) in [5, 5.41) is 8.33. The quantitative estimate of drug-likeness (QED) is 0.681. The molecule has 0 bridgehead atoms. The van der Waals surface area contributed by atoms with Gasteiger partial charge in [-0.1, -0.05) is 30.3 Å². The van der Waals surface area contributed by atoms with Crippen LogP contribution >= 0.6 is 0 Å². The van der Waals surface area contributed by atoms with Crippen molar-refractivity contribution in [1.82, 2.24) is 29.5 Å². The molecule has 28 heavy (non-hydrogen) atoms. The Labute approximate surface area is 164 Å². The van der Waals surface area contributed by atoms with Crippen molar-refractivity contribution in [3.8, 4) is 5.82 Å². The van der Waals surface area contributed by atoms with Gasteiger partial charge in [-0.2, -0.15) is 0 Å². The molecule has 3 aromatic rings. The molecule has 0 atom stereocenters. The summed E-state index contributed by atoms with van der Waals surface area (Å²) in [5.41, 5.74) is 1.74. The Morgan fingerprint density at radius 2 is 1.79 bits per heavy atom. The monoisotopic (exact) mass is 376 g/mol. The Morgan fingerprint density at radius 1 is 1.00 bits per heavy atom. The lowest BCUT2D eigenvalue weighted by molar-refractivity contribution is 0.0631. The standard InChI is InChI=1S/C21H24N6O/c1-17-22-10-12-27(17)20-8-7-19(23-24-20)21(28)26-15-13-25(14-16-26)11-9-18-5-3-2-4-6-18/h2-8,10,12H,9,11,13-16H2,1H3. The van der Waals surface area contributed by atoms with Gasteiger partial charge in [0, 0.05) is 45.1 Å². The molecule has 0 N–H and O–H groups in total. The summed E-state index contributed by atoms with van der Waals surface area (Å²) < 4.78 is 1.84. The lowest BCUT2D eigenvalue weighted by Gasteiger charge is -2.34. The van der Waals surface area contributed by atoms with Crippen LogP contribution in [0.4, 0.5) is 0 Å². The van der Waals surface area contributed by atoms with Gasteiger partial charge in [0.05, 0.1) is 0 Å². The van der Waals surface area contributed by atoms with Crippen LogP contribution in [0.25, 0.3) is 5.82 Å². The molecule has 1 aliphatic rings. The van der Waals surface area contributed by atoms with Gasteiger partial charge < -0.3 is 4.90 Å². The lowest BCUT2D eigenvalue weighted by atomic mass is 10.1. The average Bonchev–Trinajstić information content (AvgIpc) is 3.19. The molecule has 1 aliphatic heterocycles. The van der Waals surface area contributed by atoms with E-state index in [1.54, 1.807) is 12.3 Å². The summed E-state index contributed by atoms with van der Waals surface area (Å²) in [6, 6.07) is 14.1. The van der Waals surface area contributed by atoms with E-state index in [0.29, 0.717) is 11.5 Å². The minimum absolute atomic E-state index is 0.0517. The van der Waals surface area contributed by atoms with E-state index >= 15 is 0 Å². The second-order valence-electron chi connectivity index (χ2n) is 6.99. The van der Waals surface area contributed by atoms with Gasteiger partial charge in [-0.05, 0) is 31.0 Å². The molecule has 0 spiro atoms. The third kappa shape index (κ3) is 4.09. The van der Waals surface area contributed by atoms with Crippen molar-refractivity contribution in [3.63, 3.8) is 0 Å². The SMILES string of the molecule is Cc1nccn1-c1ccc(C(=O)N2CCN(CCc3ccccc3)CC2)nn1. The number of rotatable bonds is 5. The number of nitrogens with zero attached hydrogens (tertiary/aromatic N) is 6. The highest BCUT2D eigenvalue weighted by molar-refractivity contribution is 5.92. The zero-order chi connectivity index (χ0) is 19.3. The Morgan fingerprint density at radius 3 is 2.43 bits per heavy atom. The smallest absolute Gasteiger partial charge is 0.274 e. The van der Waals surface area contributed by atoms with E-state index in [1.165, 1.54) is 5.56 Å². The number of piperazine rings is 1. The fourth-order valence-electron chi connectivity index (χ4n) is 3.46. The van der Waals surface area contributed by atoms with E-state index in [1.807, 2.05) is 34.7 Å².